The fourth-order valence-corrected chi connectivity index (χ4v) is 1.46. The lowest BCUT2D eigenvalue weighted by Crippen LogP contribution is -2.26. The summed E-state index contributed by atoms with van der Waals surface area (Å²) in [5.74, 6) is 0.553. The maximum atomic E-state index is 10.8. The Morgan fingerprint density at radius 3 is 2.80 bits per heavy atom. The number of hydrogen-bond donors (Lipinski definition) is 1. The average Bonchev–Trinajstić information content (AvgIpc) is 1.88. The van der Waals surface area contributed by atoms with Gasteiger partial charge in [0.15, 0.2) is 0 Å². The molecule has 58 valence electrons. The maximum absolute atomic E-state index is 10.8. The van der Waals surface area contributed by atoms with E-state index < -0.39 is 10.8 Å². The van der Waals surface area contributed by atoms with Gasteiger partial charge in [0.05, 0.1) is 6.07 Å². The molecule has 0 aliphatic carbocycles. The molecule has 4 heteroatoms. The predicted octanol–water partition coefficient (Wildman–Crippen LogP) is -0.00402. The number of hydrogen-bond acceptors (Lipinski definition) is 3. The highest BCUT2D eigenvalue weighted by molar-refractivity contribution is 7.85. The topological polar surface area (TPSA) is 66.9 Å². The third-order valence-corrected chi connectivity index (χ3v) is 2.40. The molecule has 0 fully saturated rings. The van der Waals surface area contributed by atoms with Crippen LogP contribution < -0.4 is 5.73 Å². The monoisotopic (exact) mass is 160 g/mol. The van der Waals surface area contributed by atoms with Crippen LogP contribution in [-0.4, -0.2) is 21.8 Å². The zero-order valence-corrected chi connectivity index (χ0v) is 6.86. The maximum Gasteiger partial charge on any atom is 0.111 e. The van der Waals surface area contributed by atoms with Gasteiger partial charge in [-0.25, -0.2) is 0 Å². The van der Waals surface area contributed by atoms with Gasteiger partial charge in [-0.1, -0.05) is 6.92 Å². The van der Waals surface area contributed by atoms with Crippen molar-refractivity contribution in [3.63, 3.8) is 0 Å². The van der Waals surface area contributed by atoms with Crippen molar-refractivity contribution in [2.45, 2.75) is 19.4 Å². The Balaban J connectivity index is 3.49. The van der Waals surface area contributed by atoms with E-state index in [-0.39, 0.29) is 11.8 Å². The van der Waals surface area contributed by atoms with Gasteiger partial charge >= 0.3 is 0 Å². The van der Waals surface area contributed by atoms with E-state index in [9.17, 15) is 4.21 Å². The summed E-state index contributed by atoms with van der Waals surface area (Å²) < 4.78 is 10.8. The van der Waals surface area contributed by atoms with Gasteiger partial charge in [0.25, 0.3) is 0 Å². The molecule has 0 amide bonds. The first-order chi connectivity index (χ1) is 4.70. The summed E-state index contributed by atoms with van der Waals surface area (Å²) >= 11 is 0. The van der Waals surface area contributed by atoms with Crippen molar-refractivity contribution in [3.05, 3.63) is 0 Å². The first kappa shape index (κ1) is 9.60. The Labute approximate surface area is 63.7 Å². The molecule has 3 nitrogen and oxygen atoms in total. The smallest absolute Gasteiger partial charge is 0.111 e. The Hall–Kier alpha value is -0.400. The van der Waals surface area contributed by atoms with E-state index in [4.69, 9.17) is 11.0 Å². The summed E-state index contributed by atoms with van der Waals surface area (Å²) in [5, 5.41) is 8.14. The highest BCUT2D eigenvalue weighted by atomic mass is 32.2. The van der Waals surface area contributed by atoms with Crippen LogP contribution in [0, 0.1) is 11.3 Å². The molecule has 0 radical (unpaired) electrons. The van der Waals surface area contributed by atoms with Crippen molar-refractivity contribution in [1.29, 1.82) is 5.26 Å². The van der Waals surface area contributed by atoms with Gasteiger partial charge in [-0.05, 0) is 6.42 Å². The van der Waals surface area contributed by atoms with Crippen LogP contribution in [0.3, 0.4) is 0 Å². The Bertz CT molecular complexity index is 152. The van der Waals surface area contributed by atoms with Crippen LogP contribution >= 0.6 is 0 Å². The minimum atomic E-state index is -1.04. The van der Waals surface area contributed by atoms with Gasteiger partial charge in [-0.15, -0.1) is 0 Å². The van der Waals surface area contributed by atoms with E-state index in [1.165, 1.54) is 0 Å². The predicted molar refractivity (Wildman–Crippen MR) is 41.8 cm³/mol. The minimum Gasteiger partial charge on any atom is -0.327 e. The van der Waals surface area contributed by atoms with Crippen LogP contribution in [0.25, 0.3) is 0 Å². The van der Waals surface area contributed by atoms with E-state index in [2.05, 4.69) is 0 Å². The molecular formula is C6H12N2OS. The lowest BCUT2D eigenvalue weighted by molar-refractivity contribution is 0.665. The first-order valence-electron chi connectivity index (χ1n) is 3.18. The molecule has 0 aliphatic heterocycles. The molecule has 0 saturated carbocycles. The molecule has 2 N–H and O–H groups in total. The van der Waals surface area contributed by atoms with Crippen LogP contribution in [0.15, 0.2) is 0 Å². The number of rotatable bonds is 4. The van der Waals surface area contributed by atoms with E-state index >= 15 is 0 Å². The van der Waals surface area contributed by atoms with Crippen molar-refractivity contribution < 1.29 is 4.21 Å². The van der Waals surface area contributed by atoms with Crippen LogP contribution in [0.2, 0.25) is 0 Å². The lowest BCUT2D eigenvalue weighted by Gasteiger charge is -2.04. The van der Waals surface area contributed by atoms with Gasteiger partial charge in [0.1, 0.15) is 5.75 Å². The third-order valence-electron chi connectivity index (χ3n) is 1.15. The molecular weight excluding hydrogens is 148 g/mol. The molecule has 0 heterocycles. The first-order valence-corrected chi connectivity index (χ1v) is 4.67. The van der Waals surface area contributed by atoms with E-state index in [1.54, 1.807) is 0 Å². The van der Waals surface area contributed by atoms with Gasteiger partial charge in [-0.3, -0.25) is 4.21 Å². The van der Waals surface area contributed by atoms with Gasteiger partial charge < -0.3 is 5.73 Å². The minimum absolute atomic E-state index is 0.0193. The highest BCUT2D eigenvalue weighted by Crippen LogP contribution is 1.90. The Morgan fingerprint density at radius 1 is 1.80 bits per heavy atom. The molecule has 0 bridgehead atoms. The molecule has 2 unspecified atom stereocenters. The van der Waals surface area contributed by atoms with Crippen molar-refractivity contribution in [2.75, 3.05) is 11.5 Å². The normalized spacial score (nSPS) is 15.7. The zero-order valence-electron chi connectivity index (χ0n) is 6.04. The molecule has 0 spiro atoms. The second-order valence-corrected chi connectivity index (χ2v) is 3.58. The van der Waals surface area contributed by atoms with Crippen molar-refractivity contribution in [1.82, 2.24) is 0 Å². The number of nitriles is 1. The average molecular weight is 160 g/mol. The highest BCUT2D eigenvalue weighted by Gasteiger charge is 2.04. The quantitative estimate of drug-likeness (QED) is 0.629. The van der Waals surface area contributed by atoms with Crippen LogP contribution in [0.4, 0.5) is 0 Å². The van der Waals surface area contributed by atoms with Crippen molar-refractivity contribution in [2.24, 2.45) is 5.73 Å². The molecule has 0 aromatic heterocycles. The third kappa shape index (κ3) is 4.48. The summed E-state index contributed by atoms with van der Waals surface area (Å²) in [6.07, 6.45) is 0.817. The Morgan fingerprint density at radius 2 is 2.40 bits per heavy atom. The van der Waals surface area contributed by atoms with Gasteiger partial charge in [0, 0.05) is 22.6 Å². The molecule has 0 aliphatic rings. The van der Waals surface area contributed by atoms with Crippen molar-refractivity contribution in [3.8, 4) is 6.07 Å². The molecule has 2 atom stereocenters. The molecule has 0 aromatic rings. The fourth-order valence-electron chi connectivity index (χ4n) is 0.488. The summed E-state index contributed by atoms with van der Waals surface area (Å²) in [5.41, 5.74) is 5.50. The SMILES string of the molecule is CCC(N)CS(=O)CC#N. The molecule has 0 aromatic carbocycles. The van der Waals surface area contributed by atoms with Crippen LogP contribution in [-0.2, 0) is 10.8 Å². The molecule has 0 rings (SSSR count). The largest absolute Gasteiger partial charge is 0.327 e. The number of nitrogens with two attached hydrogens (primary N) is 1. The second kappa shape index (κ2) is 5.39. The fraction of sp³-hybridized carbons (Fsp3) is 0.833. The number of nitrogens with zero attached hydrogens (tertiary/aromatic N) is 1. The standard InChI is InChI=1S/C6H12N2OS/c1-2-6(8)5-10(9)4-3-7/h6H,2,4-5,8H2,1H3. The van der Waals surface area contributed by atoms with Gasteiger partial charge in [0.2, 0.25) is 0 Å². The van der Waals surface area contributed by atoms with Crippen LogP contribution in [0.1, 0.15) is 13.3 Å². The summed E-state index contributed by atoms with van der Waals surface area (Å²) in [6, 6.07) is 1.82. The van der Waals surface area contributed by atoms with Crippen molar-refractivity contribution >= 4 is 10.8 Å². The Kier molecular flexibility index (Phi) is 5.17. The summed E-state index contributed by atoms with van der Waals surface area (Å²) in [4.78, 5) is 0. The van der Waals surface area contributed by atoms with E-state index in [0.717, 1.165) is 6.42 Å². The van der Waals surface area contributed by atoms with E-state index in [0.29, 0.717) is 5.75 Å². The molecule has 0 saturated heterocycles. The van der Waals surface area contributed by atoms with Gasteiger partial charge in [-0.2, -0.15) is 5.26 Å². The van der Waals surface area contributed by atoms with Crippen LogP contribution in [0.5, 0.6) is 0 Å². The van der Waals surface area contributed by atoms with E-state index in [1.807, 2.05) is 13.0 Å². The summed E-state index contributed by atoms with van der Waals surface area (Å²) in [7, 11) is -1.04. The molecule has 10 heavy (non-hydrogen) atoms. The summed E-state index contributed by atoms with van der Waals surface area (Å²) in [6.45, 7) is 1.94. The second-order valence-electron chi connectivity index (χ2n) is 2.08. The lowest BCUT2D eigenvalue weighted by atomic mass is 10.3. The zero-order chi connectivity index (χ0) is 7.98.